The van der Waals surface area contributed by atoms with Gasteiger partial charge in [-0.1, -0.05) is 12.1 Å². The highest BCUT2D eigenvalue weighted by molar-refractivity contribution is 7.07. The minimum absolute atomic E-state index is 0.0998. The summed E-state index contributed by atoms with van der Waals surface area (Å²) in [6.45, 7) is 0.0998. The van der Waals surface area contributed by atoms with Crippen LogP contribution in [0.15, 0.2) is 53.4 Å². The molecule has 2 aromatic heterocycles. The largest absolute Gasteiger partial charge is 0.497 e. The molecule has 0 aliphatic heterocycles. The van der Waals surface area contributed by atoms with Crippen molar-refractivity contribution in [2.24, 2.45) is 0 Å². The summed E-state index contributed by atoms with van der Waals surface area (Å²) in [6, 6.07) is 13.0. The number of hydrogen-bond donors (Lipinski definition) is 1. The number of rotatable bonds is 6. The van der Waals surface area contributed by atoms with E-state index in [4.69, 9.17) is 9.47 Å². The van der Waals surface area contributed by atoms with Gasteiger partial charge in [-0.3, -0.25) is 4.79 Å². The van der Waals surface area contributed by atoms with E-state index in [0.717, 1.165) is 16.7 Å². The fraction of sp³-hybridized carbons (Fsp3) is 0.150. The number of fused-ring (bicyclic) bond motifs is 1. The van der Waals surface area contributed by atoms with Gasteiger partial charge in [0.05, 0.1) is 36.5 Å². The van der Waals surface area contributed by atoms with Crippen molar-refractivity contribution in [2.45, 2.75) is 6.54 Å². The lowest BCUT2D eigenvalue weighted by atomic mass is 10.2. The Morgan fingerprint density at radius 1 is 1.18 bits per heavy atom. The van der Waals surface area contributed by atoms with Crippen LogP contribution in [0.4, 0.5) is 5.69 Å². The van der Waals surface area contributed by atoms with E-state index in [-0.39, 0.29) is 12.5 Å². The first-order valence-corrected chi connectivity index (χ1v) is 9.49. The number of ether oxygens (including phenoxy) is 2. The van der Waals surface area contributed by atoms with E-state index >= 15 is 0 Å². The second-order valence-electron chi connectivity index (χ2n) is 6.00. The molecular weight excluding hydrogens is 376 g/mol. The van der Waals surface area contributed by atoms with Gasteiger partial charge in [0.15, 0.2) is 5.82 Å². The number of amides is 1. The van der Waals surface area contributed by atoms with Crippen LogP contribution in [0.1, 0.15) is 0 Å². The number of carbonyl (C=O) groups excluding carboxylic acids is 1. The first-order valence-electron chi connectivity index (χ1n) is 8.55. The summed E-state index contributed by atoms with van der Waals surface area (Å²) in [5, 5.41) is 4.82. The van der Waals surface area contributed by atoms with Gasteiger partial charge < -0.3 is 19.4 Å². The monoisotopic (exact) mass is 394 g/mol. The zero-order valence-corrected chi connectivity index (χ0v) is 16.2. The van der Waals surface area contributed by atoms with Crippen molar-refractivity contribution in [1.82, 2.24) is 14.5 Å². The van der Waals surface area contributed by atoms with E-state index in [1.165, 1.54) is 11.3 Å². The number of carbonyl (C=O) groups is 1. The first kappa shape index (κ1) is 18.0. The molecule has 0 saturated carbocycles. The first-order chi connectivity index (χ1) is 13.7. The molecule has 28 heavy (non-hydrogen) atoms. The molecule has 1 amide bonds. The van der Waals surface area contributed by atoms with Crippen LogP contribution < -0.4 is 14.8 Å². The maximum Gasteiger partial charge on any atom is 0.244 e. The van der Waals surface area contributed by atoms with Crippen LogP contribution in [0.25, 0.3) is 22.6 Å². The van der Waals surface area contributed by atoms with Crippen LogP contribution in [0.5, 0.6) is 11.5 Å². The molecular formula is C20H18N4O3S. The lowest BCUT2D eigenvalue weighted by molar-refractivity contribution is -0.116. The Morgan fingerprint density at radius 2 is 2.04 bits per heavy atom. The molecule has 0 radical (unpaired) electrons. The topological polar surface area (TPSA) is 78.3 Å². The molecule has 8 heteroatoms. The summed E-state index contributed by atoms with van der Waals surface area (Å²) in [5.41, 5.74) is 4.77. The summed E-state index contributed by atoms with van der Waals surface area (Å²) in [4.78, 5) is 21.8. The summed E-state index contributed by atoms with van der Waals surface area (Å²) in [7, 11) is 3.13. The van der Waals surface area contributed by atoms with Crippen LogP contribution in [0.2, 0.25) is 0 Å². The van der Waals surface area contributed by atoms with Gasteiger partial charge in [-0.05, 0) is 24.3 Å². The molecule has 0 unspecified atom stereocenters. The average Bonchev–Trinajstić information content (AvgIpc) is 3.36. The van der Waals surface area contributed by atoms with Crippen LogP contribution in [-0.4, -0.2) is 34.7 Å². The van der Waals surface area contributed by atoms with Crippen molar-refractivity contribution in [3.8, 4) is 23.0 Å². The standard InChI is InChI=1S/C20H18N4O3S/c1-26-13-7-8-15(18(9-13)27-2)22-19(25)10-24-17-6-4-3-5-14(17)23-20(24)16-11-28-12-21-16/h3-9,11-12H,10H2,1-2H3,(H,22,25). The Hall–Kier alpha value is -3.39. The molecule has 7 nitrogen and oxygen atoms in total. The molecule has 2 heterocycles. The number of aromatic nitrogens is 3. The molecule has 1 N–H and O–H groups in total. The molecule has 2 aromatic carbocycles. The van der Waals surface area contributed by atoms with Crippen molar-refractivity contribution in [3.05, 3.63) is 53.4 Å². The molecule has 0 saturated heterocycles. The minimum atomic E-state index is -0.192. The zero-order chi connectivity index (χ0) is 19.5. The van der Waals surface area contributed by atoms with Gasteiger partial charge in [0, 0.05) is 11.4 Å². The average molecular weight is 394 g/mol. The summed E-state index contributed by atoms with van der Waals surface area (Å²) in [6.07, 6.45) is 0. The number of nitrogens with one attached hydrogen (secondary N) is 1. The van der Waals surface area contributed by atoms with Gasteiger partial charge in [-0.15, -0.1) is 11.3 Å². The van der Waals surface area contributed by atoms with Crippen LogP contribution in [0.3, 0.4) is 0 Å². The smallest absolute Gasteiger partial charge is 0.244 e. The van der Waals surface area contributed by atoms with Gasteiger partial charge in [-0.2, -0.15) is 0 Å². The molecule has 4 rings (SSSR count). The van der Waals surface area contributed by atoms with E-state index in [2.05, 4.69) is 15.3 Å². The summed E-state index contributed by atoms with van der Waals surface area (Å²) < 4.78 is 12.4. The van der Waals surface area contributed by atoms with E-state index in [1.807, 2.05) is 34.2 Å². The highest BCUT2D eigenvalue weighted by Crippen LogP contribution is 2.29. The predicted molar refractivity (Wildman–Crippen MR) is 109 cm³/mol. The summed E-state index contributed by atoms with van der Waals surface area (Å²) >= 11 is 1.49. The minimum Gasteiger partial charge on any atom is -0.497 e. The number of nitrogens with zero attached hydrogens (tertiary/aromatic N) is 3. The maximum atomic E-state index is 12.8. The highest BCUT2D eigenvalue weighted by Gasteiger charge is 2.17. The molecule has 0 spiro atoms. The fourth-order valence-corrected chi connectivity index (χ4v) is 3.52. The van der Waals surface area contributed by atoms with E-state index < -0.39 is 0 Å². The SMILES string of the molecule is COc1ccc(NC(=O)Cn2c(-c3cscn3)nc3ccccc32)c(OC)c1. The van der Waals surface area contributed by atoms with Crippen molar-refractivity contribution < 1.29 is 14.3 Å². The predicted octanol–water partition coefficient (Wildman–Crippen LogP) is 3.82. The van der Waals surface area contributed by atoms with E-state index in [0.29, 0.717) is 23.0 Å². The van der Waals surface area contributed by atoms with Crippen molar-refractivity contribution in [1.29, 1.82) is 0 Å². The third kappa shape index (κ3) is 3.41. The molecule has 142 valence electrons. The number of thiazole rings is 1. The lowest BCUT2D eigenvalue weighted by Gasteiger charge is -2.13. The number of imidazole rings is 1. The maximum absolute atomic E-state index is 12.8. The van der Waals surface area contributed by atoms with Crippen LogP contribution >= 0.6 is 11.3 Å². The number of methoxy groups -OCH3 is 2. The van der Waals surface area contributed by atoms with Gasteiger partial charge in [0.25, 0.3) is 0 Å². The molecule has 0 atom stereocenters. The van der Waals surface area contributed by atoms with Crippen molar-refractivity contribution in [2.75, 3.05) is 19.5 Å². The summed E-state index contributed by atoms with van der Waals surface area (Å²) in [5.74, 6) is 1.66. The normalized spacial score (nSPS) is 10.8. The second kappa shape index (κ2) is 7.69. The van der Waals surface area contributed by atoms with E-state index in [1.54, 1.807) is 37.9 Å². The van der Waals surface area contributed by atoms with Gasteiger partial charge in [-0.25, -0.2) is 9.97 Å². The third-order valence-corrected chi connectivity index (χ3v) is 4.89. The molecule has 0 aliphatic rings. The quantitative estimate of drug-likeness (QED) is 0.538. The Kier molecular flexibility index (Phi) is 4.94. The Labute approximate surface area is 165 Å². The Morgan fingerprint density at radius 3 is 2.79 bits per heavy atom. The molecule has 0 fully saturated rings. The number of benzene rings is 2. The van der Waals surface area contributed by atoms with Gasteiger partial charge in [0.2, 0.25) is 5.91 Å². The lowest BCUT2D eigenvalue weighted by Crippen LogP contribution is -2.19. The van der Waals surface area contributed by atoms with Crippen molar-refractivity contribution in [3.63, 3.8) is 0 Å². The fourth-order valence-electron chi connectivity index (χ4n) is 2.99. The van der Waals surface area contributed by atoms with Gasteiger partial charge in [0.1, 0.15) is 23.7 Å². The molecule has 4 aromatic rings. The highest BCUT2D eigenvalue weighted by atomic mass is 32.1. The van der Waals surface area contributed by atoms with Crippen LogP contribution in [0, 0.1) is 0 Å². The number of para-hydroxylation sites is 2. The zero-order valence-electron chi connectivity index (χ0n) is 15.4. The van der Waals surface area contributed by atoms with Crippen molar-refractivity contribution >= 4 is 34.0 Å². The molecule has 0 bridgehead atoms. The Bertz CT molecular complexity index is 1120. The third-order valence-electron chi connectivity index (χ3n) is 4.30. The molecule has 0 aliphatic carbocycles. The number of hydrogen-bond acceptors (Lipinski definition) is 6. The van der Waals surface area contributed by atoms with Gasteiger partial charge >= 0.3 is 0 Å². The van der Waals surface area contributed by atoms with E-state index in [9.17, 15) is 4.79 Å². The Balaban J connectivity index is 1.65. The second-order valence-corrected chi connectivity index (χ2v) is 6.72. The van der Waals surface area contributed by atoms with Crippen LogP contribution in [-0.2, 0) is 11.3 Å². The number of anilines is 1.